The molecule has 0 aromatic carbocycles. The average molecular weight is 891 g/mol. The Morgan fingerprint density at radius 3 is 0.167 bits per heavy atom. The molecule has 0 bridgehead atoms. The first-order chi connectivity index (χ1) is 18.2. The summed E-state index contributed by atoms with van der Waals surface area (Å²) in [6.45, 7) is 44.0. The molecule has 0 heterocycles. The summed E-state index contributed by atoms with van der Waals surface area (Å²) in [7, 11) is 0. The van der Waals surface area contributed by atoms with Gasteiger partial charge in [0.25, 0.3) is 0 Å². The van der Waals surface area contributed by atoms with Crippen LogP contribution in [0.15, 0.2) is 0 Å². The molecule has 42 heavy (non-hydrogen) atoms. The minimum absolute atomic E-state index is 0. The maximum atomic E-state index is 2.20. The Morgan fingerprint density at radius 1 is 0.119 bits per heavy atom. The van der Waals surface area contributed by atoms with E-state index in [1.54, 1.807) is 0 Å². The Kier molecular flexibility index (Phi) is 22.3. The van der Waals surface area contributed by atoms with Crippen LogP contribution < -0.4 is 0 Å². The second kappa shape index (κ2) is 20.1. The van der Waals surface area contributed by atoms with Gasteiger partial charge in [-0.2, -0.15) is 0 Å². The van der Waals surface area contributed by atoms with Crippen LogP contribution in [-0.2, 0) is 0 Å². The molecule has 4 saturated carbocycles. The molecule has 250 valence electrons. The van der Waals surface area contributed by atoms with Gasteiger partial charge in [-0.05, 0) is 118 Å². The largest absolute Gasteiger partial charge is 0.0579 e. The van der Waals surface area contributed by atoms with E-state index in [2.05, 4.69) is 138 Å². The van der Waals surface area contributed by atoms with E-state index in [9.17, 15) is 0 Å². The van der Waals surface area contributed by atoms with Gasteiger partial charge in [0.2, 0.25) is 0 Å². The van der Waals surface area contributed by atoms with Gasteiger partial charge in [-0.1, -0.05) is 138 Å². The van der Waals surface area contributed by atoms with Crippen LogP contribution in [0.2, 0.25) is 0 Å². The number of hydrogen-bond acceptors (Lipinski definition) is 0. The average Bonchev–Trinajstić information content (AvgIpc) is 3.37. The molecule has 2 heteroatoms. The second-order valence-corrected chi connectivity index (χ2v) is 12.5. The zero-order valence-corrected chi connectivity index (χ0v) is 33.8. The topological polar surface area (TPSA) is 0 Å². The molecule has 0 amide bonds. The molecular weight excluding hydrogens is 830 g/mol. The van der Waals surface area contributed by atoms with Crippen molar-refractivity contribution in [1.82, 2.24) is 0 Å². The zero-order valence-electron chi connectivity index (χ0n) is 30.5. The fourth-order valence-electron chi connectivity index (χ4n) is 5.62. The fourth-order valence-corrected chi connectivity index (χ4v) is 5.62. The second-order valence-electron chi connectivity index (χ2n) is 12.5. The van der Waals surface area contributed by atoms with Crippen molar-refractivity contribution in [2.24, 2.45) is 0 Å². The van der Waals surface area contributed by atoms with Crippen molar-refractivity contribution in [3.05, 3.63) is 118 Å². The van der Waals surface area contributed by atoms with E-state index in [0.29, 0.717) is 0 Å². The molecule has 4 aliphatic carbocycles. The number of hydrogen-bond donors (Lipinski definition) is 0. The van der Waals surface area contributed by atoms with E-state index in [1.165, 1.54) is 118 Å². The van der Waals surface area contributed by atoms with Gasteiger partial charge in [0.05, 0.1) is 0 Å². The summed E-state index contributed by atoms with van der Waals surface area (Å²) in [4.78, 5) is 0. The SMILES string of the molecule is C[C]1[C](C)[C](C)[C](C)[C]1C.C[C]1[C](C)[C](C)[C](C)[C]1C.C[C]1[C](C)[C](C)[C](C)[C]1C.C[C]1[C](C)[C](C)[C](C)[C]1C.[Lu].[Lu]. The third-order valence-corrected chi connectivity index (χ3v) is 11.2. The minimum Gasteiger partial charge on any atom is -0.0579 e. The standard InChI is InChI=1S/4C10H15.2Lu/c4*1-6-7(2)9(4)10(5)8(6)3;;/h4*1-5H3;;. The first-order valence-electron chi connectivity index (χ1n) is 15.0. The zero-order chi connectivity index (χ0) is 31.5. The fraction of sp³-hybridized carbons (Fsp3) is 0.500. The van der Waals surface area contributed by atoms with Crippen LogP contribution in [0.1, 0.15) is 138 Å². The van der Waals surface area contributed by atoms with E-state index in [0.717, 1.165) is 0 Å². The minimum atomic E-state index is 0. The molecule has 0 nitrogen and oxygen atoms in total. The molecule has 0 aromatic heterocycles. The van der Waals surface area contributed by atoms with Gasteiger partial charge in [-0.3, -0.25) is 0 Å². The van der Waals surface area contributed by atoms with Crippen LogP contribution in [-0.4, -0.2) is 0 Å². The van der Waals surface area contributed by atoms with Gasteiger partial charge in [-0.15, -0.1) is 0 Å². The van der Waals surface area contributed by atoms with Gasteiger partial charge in [-0.25, -0.2) is 0 Å². The van der Waals surface area contributed by atoms with E-state index in [1.807, 2.05) is 0 Å². The smallest absolute Gasteiger partial charge is 0 e. The van der Waals surface area contributed by atoms with Crippen molar-refractivity contribution in [1.29, 1.82) is 0 Å². The van der Waals surface area contributed by atoms with Crippen LogP contribution in [0.5, 0.6) is 0 Å². The van der Waals surface area contributed by atoms with E-state index in [-0.39, 0.29) is 73.7 Å². The molecule has 0 saturated heterocycles. The van der Waals surface area contributed by atoms with Crippen molar-refractivity contribution in [3.8, 4) is 0 Å². The molecule has 0 spiro atoms. The van der Waals surface area contributed by atoms with E-state index < -0.39 is 0 Å². The first-order valence-corrected chi connectivity index (χ1v) is 15.0. The summed E-state index contributed by atoms with van der Waals surface area (Å²) >= 11 is 0. The summed E-state index contributed by atoms with van der Waals surface area (Å²) in [6, 6.07) is 0. The maximum absolute atomic E-state index is 2.20. The Hall–Kier alpha value is 2.47. The van der Waals surface area contributed by atoms with Crippen LogP contribution >= 0.6 is 0 Å². The summed E-state index contributed by atoms with van der Waals surface area (Å²) < 4.78 is 0. The molecule has 4 fully saturated rings. The molecule has 4 rings (SSSR count). The van der Waals surface area contributed by atoms with Crippen LogP contribution in [0, 0.1) is 192 Å². The first kappa shape index (κ1) is 46.6. The predicted molar refractivity (Wildman–Crippen MR) is 178 cm³/mol. The number of rotatable bonds is 0. The van der Waals surface area contributed by atoms with Crippen LogP contribution in [0.4, 0.5) is 0 Å². The Labute approximate surface area is 327 Å². The molecule has 0 unspecified atom stereocenters. The summed E-state index contributed by atoms with van der Waals surface area (Å²) in [5.41, 5.74) is 0. The van der Waals surface area contributed by atoms with Gasteiger partial charge in [0.15, 0.2) is 0 Å². The molecular formula is C40H60Lu2. The summed E-state index contributed by atoms with van der Waals surface area (Å²) in [5, 5.41) is 0. The molecule has 0 atom stereocenters. The summed E-state index contributed by atoms with van der Waals surface area (Å²) in [5.74, 6) is 29.4. The van der Waals surface area contributed by atoms with Crippen molar-refractivity contribution >= 4 is 0 Å². The van der Waals surface area contributed by atoms with Crippen molar-refractivity contribution in [2.75, 3.05) is 0 Å². The predicted octanol–water partition coefficient (Wildman–Crippen LogP) is 11.9. The molecule has 0 aliphatic heterocycles. The van der Waals surface area contributed by atoms with Gasteiger partial charge in [0, 0.05) is 73.7 Å². The molecule has 22 radical (unpaired) electrons. The van der Waals surface area contributed by atoms with Crippen LogP contribution in [0.25, 0.3) is 0 Å². The Morgan fingerprint density at radius 2 is 0.143 bits per heavy atom. The normalized spacial score (nSPS) is 27.1. The van der Waals surface area contributed by atoms with Crippen molar-refractivity contribution in [3.63, 3.8) is 0 Å². The van der Waals surface area contributed by atoms with E-state index in [4.69, 9.17) is 0 Å². The Balaban J connectivity index is 0. The van der Waals surface area contributed by atoms with Gasteiger partial charge in [0.1, 0.15) is 0 Å². The molecule has 4 aliphatic rings. The maximum Gasteiger partial charge on any atom is 0 e. The molecule has 0 N–H and O–H groups in total. The van der Waals surface area contributed by atoms with Crippen LogP contribution in [0.3, 0.4) is 0 Å². The summed E-state index contributed by atoms with van der Waals surface area (Å²) in [6.07, 6.45) is 0. The monoisotopic (exact) mass is 890 g/mol. The van der Waals surface area contributed by atoms with Gasteiger partial charge >= 0.3 is 0 Å². The van der Waals surface area contributed by atoms with Crippen molar-refractivity contribution < 1.29 is 73.7 Å². The Bertz CT molecular complexity index is 421. The van der Waals surface area contributed by atoms with E-state index >= 15 is 0 Å². The van der Waals surface area contributed by atoms with Gasteiger partial charge < -0.3 is 0 Å². The third kappa shape index (κ3) is 10.7. The van der Waals surface area contributed by atoms with Crippen molar-refractivity contribution in [2.45, 2.75) is 138 Å². The molecule has 0 aromatic rings. The third-order valence-electron chi connectivity index (χ3n) is 11.2. The quantitative estimate of drug-likeness (QED) is 0.227.